The minimum Gasteiger partial charge on any atom is -0.465 e. The van der Waals surface area contributed by atoms with Crippen molar-refractivity contribution in [3.63, 3.8) is 0 Å². The van der Waals surface area contributed by atoms with Gasteiger partial charge in [-0.1, -0.05) is 32.4 Å². The summed E-state index contributed by atoms with van der Waals surface area (Å²) in [6.07, 6.45) is 7.22. The molecule has 196 valence electrons. The number of ether oxygens (including phenoxy) is 2. The molecule has 3 fully saturated rings. The standard InChI is InChI=1S/C27H42N2O6/c1-7-11-16-34-25(33)21-20-23(31)29(19(6)17-30)22(27(20)14-13-26(21,10-4)35-27)24(32)28(15-9-3)18(5)12-8-2/h7,9,18-22,30H,1,3,8,10-17H2,2,4-6H3/t18?,19-,20+,21+,22?,26-,27?/m1/s1. The number of nitrogens with zero attached hydrogens (tertiary/aromatic N) is 2. The molecule has 3 heterocycles. The van der Waals surface area contributed by atoms with Crippen molar-refractivity contribution >= 4 is 17.8 Å². The maximum absolute atomic E-state index is 14.2. The second-order valence-corrected chi connectivity index (χ2v) is 10.3. The van der Waals surface area contributed by atoms with Crippen LogP contribution in [0.15, 0.2) is 25.3 Å². The molecule has 3 aliphatic rings. The molecule has 3 unspecified atom stereocenters. The lowest BCUT2D eigenvalue weighted by Crippen LogP contribution is -2.59. The zero-order valence-corrected chi connectivity index (χ0v) is 21.7. The summed E-state index contributed by atoms with van der Waals surface area (Å²) in [7, 11) is 0. The highest BCUT2D eigenvalue weighted by Gasteiger charge is 2.79. The molecule has 8 heteroatoms. The van der Waals surface area contributed by atoms with Gasteiger partial charge in [-0.15, -0.1) is 13.2 Å². The molecule has 0 radical (unpaired) electrons. The fraction of sp³-hybridized carbons (Fsp3) is 0.741. The summed E-state index contributed by atoms with van der Waals surface area (Å²) in [5, 5.41) is 10.0. The SMILES string of the molecule is C=CCCOC(=O)[C@@H]1[C@H]2C(=O)N([C@H](C)CO)C(C(=O)N(CC=C)C(C)CCC)C23CC[C@@]1(CC)O3. The normalized spacial score (nSPS) is 32.8. The summed E-state index contributed by atoms with van der Waals surface area (Å²) in [6, 6.07) is -1.57. The van der Waals surface area contributed by atoms with Gasteiger partial charge in [0.05, 0.1) is 30.8 Å². The monoisotopic (exact) mass is 490 g/mol. The fourth-order valence-corrected chi connectivity index (χ4v) is 6.55. The Kier molecular flexibility index (Phi) is 8.48. The van der Waals surface area contributed by atoms with Crippen LogP contribution in [-0.4, -0.2) is 81.8 Å². The van der Waals surface area contributed by atoms with Gasteiger partial charge in [0.15, 0.2) is 0 Å². The molecule has 0 aromatic rings. The first kappa shape index (κ1) is 27.4. The van der Waals surface area contributed by atoms with Gasteiger partial charge in [0, 0.05) is 12.6 Å². The molecule has 2 amide bonds. The van der Waals surface area contributed by atoms with Crippen molar-refractivity contribution in [1.29, 1.82) is 0 Å². The molecule has 1 N–H and O–H groups in total. The summed E-state index contributed by atoms with van der Waals surface area (Å²) in [5.74, 6) is -2.59. The highest BCUT2D eigenvalue weighted by Crippen LogP contribution is 2.64. The molecule has 0 aromatic heterocycles. The predicted octanol–water partition coefficient (Wildman–Crippen LogP) is 2.84. The van der Waals surface area contributed by atoms with Crippen LogP contribution >= 0.6 is 0 Å². The first-order valence-electron chi connectivity index (χ1n) is 13.0. The molecule has 0 aliphatic carbocycles. The lowest BCUT2D eigenvalue weighted by molar-refractivity contribution is -0.163. The number of rotatable bonds is 13. The Morgan fingerprint density at radius 2 is 2.00 bits per heavy atom. The largest absolute Gasteiger partial charge is 0.465 e. The van der Waals surface area contributed by atoms with E-state index < -0.39 is 41.1 Å². The van der Waals surface area contributed by atoms with Gasteiger partial charge >= 0.3 is 5.97 Å². The quantitative estimate of drug-likeness (QED) is 0.242. The number of likely N-dealkylation sites (tertiary alicyclic amines) is 1. The molecule has 2 bridgehead atoms. The molecule has 1 spiro atoms. The first-order valence-corrected chi connectivity index (χ1v) is 13.0. The smallest absolute Gasteiger partial charge is 0.312 e. The van der Waals surface area contributed by atoms with E-state index in [4.69, 9.17) is 9.47 Å². The van der Waals surface area contributed by atoms with Gasteiger partial charge in [-0.2, -0.15) is 0 Å². The van der Waals surface area contributed by atoms with Crippen LogP contribution in [0.5, 0.6) is 0 Å². The molecule has 35 heavy (non-hydrogen) atoms. The van der Waals surface area contributed by atoms with E-state index in [1.54, 1.807) is 24.0 Å². The van der Waals surface area contributed by atoms with E-state index in [1.807, 2.05) is 13.8 Å². The third-order valence-electron chi connectivity index (χ3n) is 8.26. The highest BCUT2D eigenvalue weighted by molar-refractivity contribution is 5.98. The summed E-state index contributed by atoms with van der Waals surface area (Å²) < 4.78 is 12.3. The second-order valence-electron chi connectivity index (χ2n) is 10.3. The average molecular weight is 491 g/mol. The van der Waals surface area contributed by atoms with Gasteiger partial charge in [-0.3, -0.25) is 14.4 Å². The van der Waals surface area contributed by atoms with Crippen LogP contribution < -0.4 is 0 Å². The number of aliphatic hydroxyl groups excluding tert-OH is 1. The van der Waals surface area contributed by atoms with Crippen LogP contribution in [0.4, 0.5) is 0 Å². The van der Waals surface area contributed by atoms with Crippen LogP contribution in [-0.2, 0) is 23.9 Å². The van der Waals surface area contributed by atoms with Crippen LogP contribution in [0.1, 0.15) is 66.2 Å². The average Bonchev–Trinajstić information content (AvgIpc) is 3.45. The summed E-state index contributed by atoms with van der Waals surface area (Å²) in [6.45, 7) is 15.5. The van der Waals surface area contributed by atoms with Gasteiger partial charge in [0.2, 0.25) is 11.8 Å². The number of carbonyl (C=O) groups excluding carboxylic acids is 3. The van der Waals surface area contributed by atoms with Crippen molar-refractivity contribution in [3.8, 4) is 0 Å². The second kappa shape index (κ2) is 10.8. The number of fused-ring (bicyclic) bond motifs is 1. The fourth-order valence-electron chi connectivity index (χ4n) is 6.55. The van der Waals surface area contributed by atoms with E-state index in [2.05, 4.69) is 20.1 Å². The number of esters is 1. The third-order valence-corrected chi connectivity index (χ3v) is 8.26. The Morgan fingerprint density at radius 3 is 2.57 bits per heavy atom. The van der Waals surface area contributed by atoms with Crippen LogP contribution in [0, 0.1) is 11.8 Å². The van der Waals surface area contributed by atoms with Crippen molar-refractivity contribution in [2.45, 2.75) is 95.5 Å². The number of amides is 2. The zero-order valence-electron chi connectivity index (χ0n) is 21.7. The Hall–Kier alpha value is -2.19. The van der Waals surface area contributed by atoms with Crippen LogP contribution in [0.2, 0.25) is 0 Å². The Balaban J connectivity index is 2.08. The van der Waals surface area contributed by atoms with Crippen molar-refractivity contribution in [1.82, 2.24) is 9.80 Å². The van der Waals surface area contributed by atoms with E-state index in [9.17, 15) is 19.5 Å². The molecule has 0 saturated carbocycles. The van der Waals surface area contributed by atoms with Crippen molar-refractivity contribution in [2.24, 2.45) is 11.8 Å². The molecule has 7 atom stereocenters. The van der Waals surface area contributed by atoms with Gasteiger partial charge in [0.1, 0.15) is 17.6 Å². The number of hydrogen-bond donors (Lipinski definition) is 1. The molecular formula is C27H42N2O6. The van der Waals surface area contributed by atoms with E-state index in [0.29, 0.717) is 32.2 Å². The van der Waals surface area contributed by atoms with E-state index >= 15 is 0 Å². The van der Waals surface area contributed by atoms with Gasteiger partial charge < -0.3 is 24.4 Å². The number of carbonyl (C=O) groups is 3. The molecule has 3 saturated heterocycles. The highest BCUT2D eigenvalue weighted by atomic mass is 16.6. The van der Waals surface area contributed by atoms with Gasteiger partial charge in [0.25, 0.3) is 0 Å². The maximum Gasteiger partial charge on any atom is 0.312 e. The molecule has 3 rings (SSSR count). The lowest BCUT2D eigenvalue weighted by Gasteiger charge is -2.40. The molecular weight excluding hydrogens is 448 g/mol. The number of hydrogen-bond acceptors (Lipinski definition) is 6. The van der Waals surface area contributed by atoms with Gasteiger partial charge in [-0.25, -0.2) is 0 Å². The van der Waals surface area contributed by atoms with Gasteiger partial charge in [-0.05, 0) is 46.0 Å². The Bertz CT molecular complexity index is 846. The van der Waals surface area contributed by atoms with Crippen molar-refractivity contribution < 1.29 is 29.0 Å². The van der Waals surface area contributed by atoms with Crippen LogP contribution in [0.25, 0.3) is 0 Å². The van der Waals surface area contributed by atoms with Crippen LogP contribution in [0.3, 0.4) is 0 Å². The predicted molar refractivity (Wildman–Crippen MR) is 132 cm³/mol. The molecule has 0 aromatic carbocycles. The van der Waals surface area contributed by atoms with Crippen molar-refractivity contribution in [2.75, 3.05) is 19.8 Å². The zero-order chi connectivity index (χ0) is 26.0. The molecule has 8 nitrogen and oxygen atoms in total. The minimum absolute atomic E-state index is 0.0549. The van der Waals surface area contributed by atoms with E-state index in [0.717, 1.165) is 12.8 Å². The van der Waals surface area contributed by atoms with Crippen molar-refractivity contribution in [3.05, 3.63) is 25.3 Å². The van der Waals surface area contributed by atoms with E-state index in [1.165, 1.54) is 4.90 Å². The minimum atomic E-state index is -1.12. The topological polar surface area (TPSA) is 96.4 Å². The molecule has 3 aliphatic heterocycles. The Morgan fingerprint density at radius 1 is 1.29 bits per heavy atom. The van der Waals surface area contributed by atoms with E-state index in [-0.39, 0.29) is 31.1 Å². The summed E-state index contributed by atoms with van der Waals surface area (Å²) in [4.78, 5) is 44.8. The third kappa shape index (κ3) is 4.33. The first-order chi connectivity index (χ1) is 16.7. The Labute approximate surface area is 209 Å². The lowest BCUT2D eigenvalue weighted by atomic mass is 9.65. The maximum atomic E-state index is 14.2. The summed E-state index contributed by atoms with van der Waals surface area (Å²) >= 11 is 0. The summed E-state index contributed by atoms with van der Waals surface area (Å²) in [5.41, 5.74) is -1.96. The number of aliphatic hydroxyl groups is 1.